The molecule has 3 rings (SSSR count). The van der Waals surface area contributed by atoms with Gasteiger partial charge in [-0.2, -0.15) is 5.10 Å². The predicted octanol–water partition coefficient (Wildman–Crippen LogP) is 3.49. The van der Waals surface area contributed by atoms with Crippen molar-refractivity contribution in [3.05, 3.63) is 41.7 Å². The van der Waals surface area contributed by atoms with Gasteiger partial charge in [0, 0.05) is 23.5 Å². The van der Waals surface area contributed by atoms with Crippen LogP contribution in [0, 0.1) is 0 Å². The molecule has 0 bridgehead atoms. The van der Waals surface area contributed by atoms with Crippen molar-refractivity contribution in [2.75, 3.05) is 5.32 Å². The van der Waals surface area contributed by atoms with Gasteiger partial charge in [-0.3, -0.25) is 0 Å². The van der Waals surface area contributed by atoms with Crippen molar-refractivity contribution in [2.24, 2.45) is 0 Å². The summed E-state index contributed by atoms with van der Waals surface area (Å²) < 4.78 is 1.86. The molecule has 88 valence electrons. The molecule has 1 N–H and O–H groups in total. The van der Waals surface area contributed by atoms with Crippen LogP contribution in [0.15, 0.2) is 36.7 Å². The lowest BCUT2D eigenvalue weighted by Gasteiger charge is -2.28. The molecule has 1 saturated carbocycles. The minimum absolute atomic E-state index is 0.586. The van der Waals surface area contributed by atoms with Gasteiger partial charge in [0.25, 0.3) is 0 Å². The van der Waals surface area contributed by atoms with Gasteiger partial charge in [-0.25, -0.2) is 4.68 Å². The van der Waals surface area contributed by atoms with Crippen LogP contribution >= 0.6 is 11.6 Å². The van der Waals surface area contributed by atoms with Crippen molar-refractivity contribution in [1.29, 1.82) is 0 Å². The molecule has 1 aliphatic rings. The van der Waals surface area contributed by atoms with E-state index in [1.165, 1.54) is 19.3 Å². The highest BCUT2D eigenvalue weighted by Crippen LogP contribution is 2.29. The summed E-state index contributed by atoms with van der Waals surface area (Å²) in [5.41, 5.74) is 2.11. The molecule has 1 fully saturated rings. The number of hydrogen-bond donors (Lipinski definition) is 1. The topological polar surface area (TPSA) is 29.9 Å². The molecule has 1 aromatic heterocycles. The first-order chi connectivity index (χ1) is 8.33. The van der Waals surface area contributed by atoms with E-state index in [9.17, 15) is 0 Å². The zero-order valence-electron chi connectivity index (χ0n) is 9.44. The van der Waals surface area contributed by atoms with Crippen molar-refractivity contribution >= 4 is 17.3 Å². The molecule has 1 aliphatic carbocycles. The Hall–Kier alpha value is -1.48. The molecule has 1 aromatic carbocycles. The number of hydrogen-bond acceptors (Lipinski definition) is 2. The van der Waals surface area contributed by atoms with Gasteiger partial charge in [-0.15, -0.1) is 0 Å². The van der Waals surface area contributed by atoms with Crippen LogP contribution in [0.4, 0.5) is 5.69 Å². The third-order valence-electron chi connectivity index (χ3n) is 3.17. The SMILES string of the molecule is Clc1ccc(-n2cccn2)c(NC2CCC2)c1. The number of nitrogens with zero attached hydrogens (tertiary/aromatic N) is 2. The molecule has 0 spiro atoms. The van der Waals surface area contributed by atoms with Crippen molar-refractivity contribution in [2.45, 2.75) is 25.3 Å². The summed E-state index contributed by atoms with van der Waals surface area (Å²) in [6.07, 6.45) is 7.52. The summed E-state index contributed by atoms with van der Waals surface area (Å²) in [6.45, 7) is 0. The quantitative estimate of drug-likeness (QED) is 0.900. The van der Waals surface area contributed by atoms with Gasteiger partial charge in [0.15, 0.2) is 0 Å². The number of anilines is 1. The summed E-state index contributed by atoms with van der Waals surface area (Å²) in [7, 11) is 0. The van der Waals surface area contributed by atoms with Crippen molar-refractivity contribution in [3.63, 3.8) is 0 Å². The lowest BCUT2D eigenvalue weighted by atomic mass is 9.93. The second-order valence-electron chi connectivity index (χ2n) is 4.38. The van der Waals surface area contributed by atoms with E-state index in [-0.39, 0.29) is 0 Å². The standard InChI is InChI=1S/C13H14ClN3/c14-10-5-6-13(17-8-2-7-15-17)12(9-10)16-11-3-1-4-11/h2,5-9,11,16H,1,3-4H2. The van der Waals surface area contributed by atoms with Crippen LogP contribution < -0.4 is 5.32 Å². The number of benzene rings is 1. The maximum absolute atomic E-state index is 6.05. The summed E-state index contributed by atoms with van der Waals surface area (Å²) in [4.78, 5) is 0. The first-order valence-corrected chi connectivity index (χ1v) is 6.27. The fourth-order valence-corrected chi connectivity index (χ4v) is 2.18. The molecule has 2 aromatic rings. The lowest BCUT2D eigenvalue weighted by molar-refractivity contribution is 0.445. The van der Waals surface area contributed by atoms with E-state index in [1.54, 1.807) is 6.20 Å². The zero-order valence-corrected chi connectivity index (χ0v) is 10.2. The molecule has 0 radical (unpaired) electrons. The summed E-state index contributed by atoms with van der Waals surface area (Å²) in [6, 6.07) is 8.36. The van der Waals surface area contributed by atoms with Crippen LogP contribution in [-0.4, -0.2) is 15.8 Å². The number of halogens is 1. The van der Waals surface area contributed by atoms with Gasteiger partial charge in [0.2, 0.25) is 0 Å². The molecule has 0 atom stereocenters. The largest absolute Gasteiger partial charge is 0.381 e. The van der Waals surface area contributed by atoms with E-state index in [1.807, 2.05) is 35.1 Å². The Kier molecular flexibility index (Phi) is 2.77. The van der Waals surface area contributed by atoms with E-state index < -0.39 is 0 Å². The van der Waals surface area contributed by atoms with Crippen molar-refractivity contribution < 1.29 is 0 Å². The van der Waals surface area contributed by atoms with E-state index in [0.29, 0.717) is 6.04 Å². The fraction of sp³-hybridized carbons (Fsp3) is 0.308. The Morgan fingerprint density at radius 3 is 2.88 bits per heavy atom. The van der Waals surface area contributed by atoms with Crippen LogP contribution in [0.2, 0.25) is 5.02 Å². The maximum atomic E-state index is 6.05. The van der Waals surface area contributed by atoms with Crippen LogP contribution in [0.1, 0.15) is 19.3 Å². The third kappa shape index (κ3) is 2.15. The Bertz CT molecular complexity index is 503. The summed E-state index contributed by atoms with van der Waals surface area (Å²) in [5.74, 6) is 0. The normalized spacial score (nSPS) is 15.6. The monoisotopic (exact) mass is 247 g/mol. The van der Waals surface area contributed by atoms with Gasteiger partial charge in [0.05, 0.1) is 11.4 Å². The molecular formula is C13H14ClN3. The fourth-order valence-electron chi connectivity index (χ4n) is 2.01. The molecule has 4 heteroatoms. The van der Waals surface area contributed by atoms with Crippen molar-refractivity contribution in [1.82, 2.24) is 9.78 Å². The maximum Gasteiger partial charge on any atom is 0.0877 e. The summed E-state index contributed by atoms with van der Waals surface area (Å²) in [5, 5.41) is 8.54. The highest BCUT2D eigenvalue weighted by molar-refractivity contribution is 6.31. The molecule has 1 heterocycles. The molecule has 0 unspecified atom stereocenters. The zero-order chi connectivity index (χ0) is 11.7. The number of rotatable bonds is 3. The third-order valence-corrected chi connectivity index (χ3v) is 3.41. The Balaban J connectivity index is 1.95. The molecule has 0 amide bonds. The molecular weight excluding hydrogens is 234 g/mol. The highest BCUT2D eigenvalue weighted by atomic mass is 35.5. The Morgan fingerprint density at radius 2 is 2.24 bits per heavy atom. The van der Waals surface area contributed by atoms with Crippen molar-refractivity contribution in [3.8, 4) is 5.69 Å². The Morgan fingerprint density at radius 1 is 1.35 bits per heavy atom. The number of aromatic nitrogens is 2. The molecule has 0 aliphatic heterocycles. The van der Waals surface area contributed by atoms with Crippen LogP contribution in [0.5, 0.6) is 0 Å². The minimum atomic E-state index is 0.586. The highest BCUT2D eigenvalue weighted by Gasteiger charge is 2.18. The molecule has 0 saturated heterocycles. The van der Waals surface area contributed by atoms with Crippen LogP contribution in [-0.2, 0) is 0 Å². The average Bonchev–Trinajstić information content (AvgIpc) is 2.77. The summed E-state index contributed by atoms with van der Waals surface area (Å²) >= 11 is 6.05. The second-order valence-corrected chi connectivity index (χ2v) is 4.82. The lowest BCUT2D eigenvalue weighted by Crippen LogP contribution is -2.27. The molecule has 17 heavy (non-hydrogen) atoms. The molecule has 3 nitrogen and oxygen atoms in total. The van der Waals surface area contributed by atoms with Crippen LogP contribution in [0.25, 0.3) is 5.69 Å². The first-order valence-electron chi connectivity index (χ1n) is 5.89. The average molecular weight is 248 g/mol. The Labute approximate surface area is 105 Å². The second kappa shape index (κ2) is 4.41. The minimum Gasteiger partial charge on any atom is -0.381 e. The van der Waals surface area contributed by atoms with E-state index in [2.05, 4.69) is 10.4 Å². The van der Waals surface area contributed by atoms with E-state index in [0.717, 1.165) is 16.4 Å². The van der Waals surface area contributed by atoms with Gasteiger partial charge in [0.1, 0.15) is 0 Å². The number of nitrogens with one attached hydrogen (secondary N) is 1. The predicted molar refractivity (Wildman–Crippen MR) is 69.8 cm³/mol. The van der Waals surface area contributed by atoms with Crippen LogP contribution in [0.3, 0.4) is 0 Å². The van der Waals surface area contributed by atoms with E-state index >= 15 is 0 Å². The first kappa shape index (κ1) is 10.7. The van der Waals surface area contributed by atoms with Gasteiger partial charge in [-0.1, -0.05) is 11.6 Å². The van der Waals surface area contributed by atoms with Gasteiger partial charge in [-0.05, 0) is 43.5 Å². The smallest absolute Gasteiger partial charge is 0.0877 e. The van der Waals surface area contributed by atoms with Gasteiger partial charge < -0.3 is 5.32 Å². The van der Waals surface area contributed by atoms with Gasteiger partial charge >= 0.3 is 0 Å². The van der Waals surface area contributed by atoms with E-state index in [4.69, 9.17) is 11.6 Å².